The molecule has 6 heteroatoms. The van der Waals surface area contributed by atoms with E-state index < -0.39 is 5.91 Å². The summed E-state index contributed by atoms with van der Waals surface area (Å²) < 4.78 is 0. The van der Waals surface area contributed by atoms with Crippen molar-refractivity contribution in [3.05, 3.63) is 59.4 Å². The summed E-state index contributed by atoms with van der Waals surface area (Å²) in [6.07, 6.45) is 1.68. The van der Waals surface area contributed by atoms with Gasteiger partial charge in [-0.3, -0.25) is 9.78 Å². The molecule has 0 saturated heterocycles. The molecule has 0 bridgehead atoms. The van der Waals surface area contributed by atoms with Gasteiger partial charge >= 0.3 is 6.03 Å². The SMILES string of the molecule is Cc1ccc(C(N)=O)cc1NC(=O)N(C)Cc1ccccn1. The fraction of sp³-hybridized carbons (Fsp3) is 0.188. The van der Waals surface area contributed by atoms with Crippen molar-refractivity contribution in [2.45, 2.75) is 13.5 Å². The van der Waals surface area contributed by atoms with Gasteiger partial charge in [0, 0.05) is 24.5 Å². The molecule has 0 fully saturated rings. The molecule has 0 spiro atoms. The minimum absolute atomic E-state index is 0.282. The van der Waals surface area contributed by atoms with Crippen LogP contribution in [0.25, 0.3) is 0 Å². The number of primary amides is 1. The zero-order valence-corrected chi connectivity index (χ0v) is 12.5. The Kier molecular flexibility index (Phi) is 4.73. The van der Waals surface area contributed by atoms with Crippen LogP contribution in [0.2, 0.25) is 0 Å². The third kappa shape index (κ3) is 3.82. The standard InChI is InChI=1S/C16H18N4O2/c1-11-6-7-12(15(17)21)9-14(11)19-16(22)20(2)10-13-5-3-4-8-18-13/h3-9H,10H2,1-2H3,(H2,17,21)(H,19,22). The minimum Gasteiger partial charge on any atom is -0.366 e. The monoisotopic (exact) mass is 298 g/mol. The Hall–Kier alpha value is -2.89. The Morgan fingerprint density at radius 3 is 2.68 bits per heavy atom. The molecule has 3 N–H and O–H groups in total. The maximum Gasteiger partial charge on any atom is 0.321 e. The van der Waals surface area contributed by atoms with E-state index in [0.29, 0.717) is 17.8 Å². The quantitative estimate of drug-likeness (QED) is 0.906. The molecule has 0 unspecified atom stereocenters. The van der Waals surface area contributed by atoms with E-state index in [1.54, 1.807) is 31.4 Å². The maximum atomic E-state index is 12.2. The second-order valence-electron chi connectivity index (χ2n) is 5.00. The Morgan fingerprint density at radius 1 is 1.27 bits per heavy atom. The molecule has 0 saturated carbocycles. The zero-order valence-electron chi connectivity index (χ0n) is 12.5. The van der Waals surface area contributed by atoms with Crippen molar-refractivity contribution in [3.8, 4) is 0 Å². The maximum absolute atomic E-state index is 12.2. The number of hydrogen-bond acceptors (Lipinski definition) is 3. The van der Waals surface area contributed by atoms with Gasteiger partial charge in [-0.05, 0) is 36.8 Å². The molecule has 2 aromatic rings. The number of carbonyl (C=O) groups excluding carboxylic acids is 2. The van der Waals surface area contributed by atoms with Gasteiger partial charge in [-0.1, -0.05) is 12.1 Å². The number of pyridine rings is 1. The Labute approximate surface area is 129 Å². The van der Waals surface area contributed by atoms with Crippen molar-refractivity contribution >= 4 is 17.6 Å². The first-order chi connectivity index (χ1) is 10.5. The number of rotatable bonds is 4. The lowest BCUT2D eigenvalue weighted by atomic mass is 10.1. The van der Waals surface area contributed by atoms with Crippen LogP contribution in [0.4, 0.5) is 10.5 Å². The molecule has 3 amide bonds. The second-order valence-corrected chi connectivity index (χ2v) is 5.00. The van der Waals surface area contributed by atoms with E-state index >= 15 is 0 Å². The molecule has 1 aromatic heterocycles. The fourth-order valence-electron chi connectivity index (χ4n) is 1.93. The van der Waals surface area contributed by atoms with Gasteiger partial charge in [0.1, 0.15) is 0 Å². The highest BCUT2D eigenvalue weighted by Gasteiger charge is 2.12. The van der Waals surface area contributed by atoms with Gasteiger partial charge in [0.25, 0.3) is 0 Å². The molecule has 0 aliphatic carbocycles. The molecule has 6 nitrogen and oxygen atoms in total. The molecule has 0 aliphatic heterocycles. The highest BCUT2D eigenvalue weighted by Crippen LogP contribution is 2.17. The van der Waals surface area contributed by atoms with Gasteiger partial charge < -0.3 is 16.0 Å². The van der Waals surface area contributed by atoms with Crippen molar-refractivity contribution < 1.29 is 9.59 Å². The van der Waals surface area contributed by atoms with E-state index in [1.165, 1.54) is 4.90 Å². The number of aryl methyl sites for hydroxylation is 1. The van der Waals surface area contributed by atoms with Gasteiger partial charge in [-0.25, -0.2) is 4.79 Å². The average Bonchev–Trinajstić information content (AvgIpc) is 2.50. The number of nitrogens with two attached hydrogens (primary N) is 1. The number of carbonyl (C=O) groups is 2. The van der Waals surface area contributed by atoms with Gasteiger partial charge in [0.2, 0.25) is 5.91 Å². The van der Waals surface area contributed by atoms with Crippen LogP contribution in [0.5, 0.6) is 0 Å². The summed E-state index contributed by atoms with van der Waals surface area (Å²) in [5.74, 6) is -0.530. The van der Waals surface area contributed by atoms with E-state index in [1.807, 2.05) is 25.1 Å². The van der Waals surface area contributed by atoms with Crippen LogP contribution in [0, 0.1) is 6.92 Å². The lowest BCUT2D eigenvalue weighted by molar-refractivity contribution is 0.1000. The summed E-state index contributed by atoms with van der Waals surface area (Å²) in [5.41, 5.74) is 7.82. The van der Waals surface area contributed by atoms with Crippen LogP contribution in [0.1, 0.15) is 21.6 Å². The number of anilines is 1. The summed E-state index contributed by atoms with van der Waals surface area (Å²) >= 11 is 0. The first kappa shape index (κ1) is 15.5. The number of nitrogens with one attached hydrogen (secondary N) is 1. The van der Waals surface area contributed by atoms with Gasteiger partial charge in [-0.2, -0.15) is 0 Å². The van der Waals surface area contributed by atoms with E-state index in [2.05, 4.69) is 10.3 Å². The third-order valence-corrected chi connectivity index (χ3v) is 3.24. The predicted molar refractivity (Wildman–Crippen MR) is 84.4 cm³/mol. The van der Waals surface area contributed by atoms with Crippen LogP contribution >= 0.6 is 0 Å². The van der Waals surface area contributed by atoms with Crippen LogP contribution < -0.4 is 11.1 Å². The average molecular weight is 298 g/mol. The normalized spacial score (nSPS) is 10.1. The number of aromatic nitrogens is 1. The van der Waals surface area contributed by atoms with Crippen LogP contribution in [0.15, 0.2) is 42.6 Å². The number of urea groups is 1. The fourth-order valence-corrected chi connectivity index (χ4v) is 1.93. The van der Waals surface area contributed by atoms with Crippen LogP contribution in [-0.4, -0.2) is 28.9 Å². The first-order valence-corrected chi connectivity index (χ1v) is 6.80. The highest BCUT2D eigenvalue weighted by atomic mass is 16.2. The molecule has 22 heavy (non-hydrogen) atoms. The van der Waals surface area contributed by atoms with E-state index in [-0.39, 0.29) is 6.03 Å². The molecule has 0 aliphatic rings. The third-order valence-electron chi connectivity index (χ3n) is 3.24. The Bertz CT molecular complexity index is 686. The van der Waals surface area contributed by atoms with Crippen molar-refractivity contribution in [1.82, 2.24) is 9.88 Å². The van der Waals surface area contributed by atoms with Gasteiger partial charge in [-0.15, -0.1) is 0 Å². The van der Waals surface area contributed by atoms with Gasteiger partial charge in [0.05, 0.1) is 12.2 Å². The summed E-state index contributed by atoms with van der Waals surface area (Å²) in [5, 5.41) is 2.78. The lowest BCUT2D eigenvalue weighted by Gasteiger charge is -2.18. The largest absolute Gasteiger partial charge is 0.366 e. The van der Waals surface area contributed by atoms with Crippen molar-refractivity contribution in [2.75, 3.05) is 12.4 Å². The lowest BCUT2D eigenvalue weighted by Crippen LogP contribution is -2.31. The summed E-state index contributed by atoms with van der Waals surface area (Å²) in [7, 11) is 1.68. The minimum atomic E-state index is -0.530. The van der Waals surface area contributed by atoms with Crippen molar-refractivity contribution in [2.24, 2.45) is 5.73 Å². The molecule has 1 heterocycles. The van der Waals surface area contributed by atoms with Gasteiger partial charge in [0.15, 0.2) is 0 Å². The summed E-state index contributed by atoms with van der Waals surface area (Å²) in [6.45, 7) is 2.24. The Balaban J connectivity index is 2.08. The second kappa shape index (κ2) is 6.71. The smallest absolute Gasteiger partial charge is 0.321 e. The van der Waals surface area contributed by atoms with Crippen molar-refractivity contribution in [1.29, 1.82) is 0 Å². The summed E-state index contributed by atoms with van der Waals surface area (Å²) in [4.78, 5) is 29.1. The number of nitrogens with zero attached hydrogens (tertiary/aromatic N) is 2. The highest BCUT2D eigenvalue weighted by molar-refractivity contribution is 5.96. The number of benzene rings is 1. The molecule has 0 atom stereocenters. The first-order valence-electron chi connectivity index (χ1n) is 6.80. The van der Waals surface area contributed by atoms with Crippen LogP contribution in [0.3, 0.4) is 0 Å². The summed E-state index contributed by atoms with van der Waals surface area (Å²) in [6, 6.07) is 10.2. The number of amides is 3. The van der Waals surface area contributed by atoms with E-state index in [4.69, 9.17) is 5.73 Å². The molecule has 0 radical (unpaired) electrons. The zero-order chi connectivity index (χ0) is 16.1. The predicted octanol–water partition coefficient (Wildman–Crippen LogP) is 2.15. The number of hydrogen-bond donors (Lipinski definition) is 2. The van der Waals surface area contributed by atoms with E-state index in [0.717, 1.165) is 11.3 Å². The topological polar surface area (TPSA) is 88.3 Å². The molecular formula is C16H18N4O2. The Morgan fingerprint density at radius 2 is 2.05 bits per heavy atom. The van der Waals surface area contributed by atoms with Crippen LogP contribution in [-0.2, 0) is 6.54 Å². The molecule has 114 valence electrons. The molecule has 2 rings (SSSR count). The molecular weight excluding hydrogens is 280 g/mol. The van der Waals surface area contributed by atoms with Crippen molar-refractivity contribution in [3.63, 3.8) is 0 Å². The van der Waals surface area contributed by atoms with E-state index in [9.17, 15) is 9.59 Å². The molecule has 1 aromatic carbocycles.